The molecule has 2 fully saturated rings. The van der Waals surface area contributed by atoms with E-state index in [2.05, 4.69) is 20.6 Å². The summed E-state index contributed by atoms with van der Waals surface area (Å²) in [6.45, 7) is 2.29. The molecule has 6 aromatic carbocycles. The third-order valence-electron chi connectivity index (χ3n) is 15.1. The van der Waals surface area contributed by atoms with Crippen molar-refractivity contribution in [2.45, 2.75) is 55.7 Å². The van der Waals surface area contributed by atoms with Gasteiger partial charge in [-0.15, -0.1) is 0 Å². The van der Waals surface area contributed by atoms with E-state index in [1.54, 1.807) is 133 Å². The van der Waals surface area contributed by atoms with Crippen molar-refractivity contribution < 1.29 is 31.3 Å². The van der Waals surface area contributed by atoms with Crippen LogP contribution in [0.15, 0.2) is 192 Å². The van der Waals surface area contributed by atoms with Gasteiger partial charge in [0.25, 0.3) is 25.7 Å². The molecular weight excluding hydrogens is 1380 g/mol. The van der Waals surface area contributed by atoms with Crippen molar-refractivity contribution in [3.05, 3.63) is 214 Å². The predicted molar refractivity (Wildman–Crippen MR) is 356 cm³/mol. The Morgan fingerprint density at radius 1 is 0.589 bits per heavy atom. The van der Waals surface area contributed by atoms with E-state index in [9.17, 15) is 36.5 Å². The van der Waals surface area contributed by atoms with Crippen molar-refractivity contribution in [1.82, 2.24) is 37.7 Å². The molecule has 20 nitrogen and oxygen atoms in total. The first-order valence-electron chi connectivity index (χ1n) is 27.9. The molecule has 90 heavy (non-hydrogen) atoms. The van der Waals surface area contributed by atoms with Gasteiger partial charge in [0, 0.05) is 115 Å². The van der Waals surface area contributed by atoms with Crippen LogP contribution in [0, 0.1) is 22.0 Å². The molecule has 4 amide bonds. The van der Waals surface area contributed by atoms with Gasteiger partial charge in [-0.1, -0.05) is 103 Å². The summed E-state index contributed by atoms with van der Waals surface area (Å²) in [5.74, 6) is 1.36. The molecule has 12 rings (SSSR count). The average Bonchev–Trinajstić information content (AvgIpc) is 1.66. The van der Waals surface area contributed by atoms with Gasteiger partial charge in [0.05, 0.1) is 47.2 Å². The Bertz CT molecular complexity index is 4420. The fourth-order valence-corrected chi connectivity index (χ4v) is 14.0. The number of aromatic nitrogens is 6. The van der Waals surface area contributed by atoms with E-state index in [1.165, 1.54) is 38.4 Å². The molecule has 0 aliphatic carbocycles. The molecule has 0 bridgehead atoms. The molecule has 4 aromatic heterocycles. The molecule has 6 heterocycles. The quantitative estimate of drug-likeness (QED) is 0.0420. The van der Waals surface area contributed by atoms with Crippen molar-refractivity contribution in [2.24, 2.45) is 11.8 Å². The van der Waals surface area contributed by atoms with Crippen molar-refractivity contribution in [3.63, 3.8) is 0 Å². The standard InChI is InChI=1S/C31H27ClN6O5S.C31H29ClN6O3S.CH4.2ClH.Sn/c32-27-18-33-29(17-21-7-6-16-36(19-21)31(39)34-22-12-14-23(15-13-22)38(40)41)35-30(27)26-20-37(28-11-5-4-10-25(26)28)44(42,43)24-8-2-1-3-9-24;32-27-18-34-29(17-21-7-6-16-37(19-21)31(39)35-23-14-12-22(33)13-15-23)36-30(27)26-20-38(28-11-5-4-10-25(26)28)42(40,41)24-8-2-1-3-9-24;;;;/h1-5,8-15,18,20-21H,6-7,16-17,19H2,(H,34,39);1-5,8-15,18,20-21H,6-7,16-17,19,33H2,(H,35,39);1H4;2*1H;/q;;;;;+2/p-2. The summed E-state index contributed by atoms with van der Waals surface area (Å²) in [7, 11) is 2.13. The van der Waals surface area contributed by atoms with Gasteiger partial charge in [0.1, 0.15) is 11.6 Å². The Hall–Kier alpha value is -7.84. The molecule has 2 atom stereocenters. The Labute approximate surface area is 548 Å². The van der Waals surface area contributed by atoms with E-state index in [0.717, 1.165) is 25.7 Å². The number of benzene rings is 6. The normalized spacial score (nSPS) is 14.9. The summed E-state index contributed by atoms with van der Waals surface area (Å²) in [6.07, 6.45) is 10.7. The van der Waals surface area contributed by atoms with Gasteiger partial charge in [0.2, 0.25) is 0 Å². The molecular formula is C63H60Cl4N12O8S2Sn. The number of fused-ring (bicyclic) bond motifs is 2. The van der Waals surface area contributed by atoms with Crippen LogP contribution in [0.3, 0.4) is 0 Å². The van der Waals surface area contributed by atoms with Crippen molar-refractivity contribution in [1.29, 1.82) is 0 Å². The fourth-order valence-electron chi connectivity index (χ4n) is 10.9. The summed E-state index contributed by atoms with van der Waals surface area (Å²) >= 11 is 12.4. The predicted octanol–water partition coefficient (Wildman–Crippen LogP) is 14.1. The zero-order valence-corrected chi connectivity index (χ0v) is 54.8. The molecule has 0 saturated carbocycles. The van der Waals surface area contributed by atoms with E-state index in [4.69, 9.17) is 56.7 Å². The number of carbonyl (C=O) groups is 2. The Kier molecular flexibility index (Phi) is 22.1. The molecule has 27 heteroatoms. The first-order valence-corrected chi connectivity index (χ1v) is 38.8. The minimum absolute atomic E-state index is 0. The number of rotatable bonds is 13. The van der Waals surface area contributed by atoms with Crippen molar-refractivity contribution in [3.8, 4) is 22.5 Å². The van der Waals surface area contributed by atoms with Crippen molar-refractivity contribution >= 4 is 137 Å². The first kappa shape index (κ1) is 66.6. The zero-order chi connectivity index (χ0) is 62.8. The number of anilines is 3. The molecule has 0 spiro atoms. The van der Waals surface area contributed by atoms with Gasteiger partial charge in [-0.3, -0.25) is 10.1 Å². The molecule has 10 aromatic rings. The summed E-state index contributed by atoms with van der Waals surface area (Å²) < 4.78 is 56.9. The fraction of sp³-hybridized carbons (Fsp3) is 0.206. The maximum atomic E-state index is 13.6. The van der Waals surface area contributed by atoms with Crippen LogP contribution in [-0.4, -0.2) is 117 Å². The number of likely N-dealkylation sites (tertiary alicyclic amines) is 2. The van der Waals surface area contributed by atoms with E-state index in [-0.39, 0.29) is 46.8 Å². The third-order valence-corrected chi connectivity index (χ3v) is 19.0. The number of non-ortho nitro benzene ring substituents is 1. The summed E-state index contributed by atoms with van der Waals surface area (Å²) in [5.41, 5.74) is 10.6. The number of nitrogens with zero attached hydrogens (tertiary/aromatic N) is 9. The number of para-hydroxylation sites is 2. The number of carbonyl (C=O) groups excluding carboxylic acids is 2. The minimum atomic E-state index is -3.88. The van der Waals surface area contributed by atoms with Crippen molar-refractivity contribution in [2.75, 3.05) is 42.5 Å². The summed E-state index contributed by atoms with van der Waals surface area (Å²) in [6, 6.07) is 43.3. The van der Waals surface area contributed by atoms with E-state index < -0.39 is 43.9 Å². The number of urea groups is 2. The SMILES string of the molecule is C.Nc1ccc(NC(=O)N2CCCC(Cc3ncc(Cl)c(-c4cn(S(=O)(=O)c5ccccc5)c5ccccc45)n3)C2)cc1.O=C(Nc1ccc([N+](=O)[O-])cc1)N1CCCC(Cc2ncc(Cl)c(-c3cn(S(=O)(=O)c4ccccc4)c4ccccc34)n2)C1.[Cl][Sn][Cl]. The van der Waals surface area contributed by atoms with Crippen LogP contribution < -0.4 is 16.4 Å². The number of amides is 4. The third kappa shape index (κ3) is 15.5. The van der Waals surface area contributed by atoms with Crippen LogP contribution in [0.1, 0.15) is 44.8 Å². The molecule has 2 aliphatic rings. The maximum absolute atomic E-state index is 13.6. The number of hydrogen-bond donors (Lipinski definition) is 3. The van der Waals surface area contributed by atoms with Crippen LogP contribution in [0.25, 0.3) is 44.3 Å². The Balaban J connectivity index is 0.000000203. The number of nitrogens with two attached hydrogens (primary N) is 1. The monoisotopic (exact) mass is 1440 g/mol. The number of nitrogens with one attached hydrogen (secondary N) is 2. The molecule has 464 valence electrons. The summed E-state index contributed by atoms with van der Waals surface area (Å²) in [4.78, 5) is 58.7. The first-order chi connectivity index (χ1) is 42.9. The van der Waals surface area contributed by atoms with Gasteiger partial charge in [-0.2, -0.15) is 0 Å². The van der Waals surface area contributed by atoms with E-state index >= 15 is 0 Å². The Morgan fingerprint density at radius 3 is 1.37 bits per heavy atom. The number of piperidine rings is 2. The van der Waals surface area contributed by atoms with Crippen LogP contribution in [-0.2, 0) is 32.9 Å². The Morgan fingerprint density at radius 2 is 0.967 bits per heavy atom. The second-order valence-electron chi connectivity index (χ2n) is 21.0. The number of hydrogen-bond acceptors (Lipinski definition) is 13. The summed E-state index contributed by atoms with van der Waals surface area (Å²) in [5, 5.41) is 18.7. The van der Waals surface area contributed by atoms with Crippen LogP contribution >= 0.6 is 41.0 Å². The molecule has 2 unspecified atom stereocenters. The second kappa shape index (κ2) is 29.9. The van der Waals surface area contributed by atoms with Gasteiger partial charge in [0.15, 0.2) is 0 Å². The zero-order valence-electron chi connectivity index (χ0n) is 47.2. The van der Waals surface area contributed by atoms with E-state index in [1.807, 2.05) is 29.2 Å². The number of nitro groups is 1. The van der Waals surface area contributed by atoms with Crippen LogP contribution in [0.2, 0.25) is 10.0 Å². The molecule has 2 radical (unpaired) electrons. The number of nitrogen functional groups attached to an aromatic ring is 1. The van der Waals surface area contributed by atoms with Gasteiger partial charge >= 0.3 is 48.8 Å². The molecule has 2 aliphatic heterocycles. The van der Waals surface area contributed by atoms with Gasteiger partial charge < -0.3 is 26.2 Å². The molecule has 4 N–H and O–H groups in total. The molecule has 2 saturated heterocycles. The van der Waals surface area contributed by atoms with E-state index in [0.29, 0.717) is 122 Å². The van der Waals surface area contributed by atoms with Crippen LogP contribution in [0.5, 0.6) is 0 Å². The van der Waals surface area contributed by atoms with Crippen LogP contribution in [0.4, 0.5) is 32.3 Å². The second-order valence-corrected chi connectivity index (χ2v) is 29.7. The number of halogens is 4. The van der Waals surface area contributed by atoms with Gasteiger partial charge in [-0.05, 0) is 110 Å². The topological polar surface area (TPSA) is 264 Å². The number of nitro benzene ring substituents is 1. The van der Waals surface area contributed by atoms with Gasteiger partial charge in [-0.25, -0.2) is 54.3 Å². The average molecular weight is 1440 g/mol.